The molecule has 0 amide bonds. The average Bonchev–Trinajstić information content (AvgIpc) is 3.71. The van der Waals surface area contributed by atoms with Crippen molar-refractivity contribution in [2.75, 3.05) is 25.0 Å². The number of nitriles is 1. The number of aromatic nitrogens is 6. The number of anilines is 2. The van der Waals surface area contributed by atoms with Crippen LogP contribution in [0.4, 0.5) is 11.6 Å². The summed E-state index contributed by atoms with van der Waals surface area (Å²) in [5.74, 6) is 41.2. The molecule has 1 fully saturated rings. The van der Waals surface area contributed by atoms with E-state index in [-0.39, 0.29) is 8.56 Å². The highest BCUT2D eigenvalue weighted by Crippen LogP contribution is 2.21. The molecule has 0 aliphatic carbocycles. The number of hydrogen-bond donors (Lipinski definition) is 3. The van der Waals surface area contributed by atoms with Gasteiger partial charge in [-0.1, -0.05) is 17.1 Å². The molecular weight excluding hydrogens is 636 g/mol. The van der Waals surface area contributed by atoms with Gasteiger partial charge in [0.05, 0.1) is 29.5 Å². The maximum atomic E-state index is 8.64. The van der Waals surface area contributed by atoms with E-state index in [1.165, 1.54) is 0 Å². The highest BCUT2D eigenvalue weighted by Gasteiger charge is 2.27. The molecule has 18 nitrogen and oxygen atoms in total. The number of likely N-dealkylation sites (tertiary alicyclic amines) is 1. The van der Waals surface area contributed by atoms with E-state index in [0.29, 0.717) is 18.3 Å². The van der Waals surface area contributed by atoms with E-state index in [4.69, 9.17) is 10.8 Å². The third kappa shape index (κ3) is 15.9. The Labute approximate surface area is 297 Å². The molecule has 0 radical (unpaired) electrons. The Morgan fingerprint density at radius 2 is 1.48 bits per heavy atom. The minimum absolute atomic E-state index is 0. The minimum Gasteiger partial charge on any atom is -0.321 e. The Kier molecular flexibility index (Phi) is 18.7. The number of nitrogens with one attached hydrogen (secondary N) is 2. The first-order valence-corrected chi connectivity index (χ1v) is 14.2. The second-order valence-electron chi connectivity index (χ2n) is 9.02. The standard InChI is InChI=1S/C16H19N9.C16H6.H3N9.6H2/c1-23-11-14(7-19-23)21-16-18-5-13-6-20-25(15(13)22-16)10-12-8-24(9-12)4-2-3-17;1-3-5-7-9-11-13-15-16-14-12-10-8-6-4-2;1-3-5-7-9-8-6-4-2;;;;;;/h5-7,11-12H,2,4,8-10H2,1H3,(H,18,21,22);1-2H3;(H3,1,2,5,6,9);6*1H. The van der Waals surface area contributed by atoms with Crippen molar-refractivity contribution in [2.24, 2.45) is 55.4 Å². The Balaban J connectivity index is -0.000000246. The van der Waals surface area contributed by atoms with Crippen LogP contribution in [-0.4, -0.2) is 54.1 Å². The number of aryl methyl sites for hydroxylation is 1. The maximum Gasteiger partial charge on any atom is 0.229 e. The smallest absolute Gasteiger partial charge is 0.229 e. The molecule has 4 rings (SSSR count). The van der Waals surface area contributed by atoms with Gasteiger partial charge in [0, 0.05) is 66.5 Å². The predicted octanol–water partition coefficient (Wildman–Crippen LogP) is 4.67. The number of nitrogens with zero attached hydrogens (tertiary/aromatic N) is 15. The molecule has 0 saturated carbocycles. The van der Waals surface area contributed by atoms with Crippen molar-refractivity contribution >= 4 is 22.7 Å². The molecule has 258 valence electrons. The molecule has 4 N–H and O–H groups in total. The topological polar surface area (TPSA) is 237 Å². The summed E-state index contributed by atoms with van der Waals surface area (Å²) in [6.07, 6.45) is 7.78. The molecule has 1 aliphatic rings. The molecule has 1 aliphatic heterocycles. The van der Waals surface area contributed by atoms with Gasteiger partial charge in [0.2, 0.25) is 5.95 Å². The molecule has 50 heavy (non-hydrogen) atoms. The molecule has 0 spiro atoms. The largest absolute Gasteiger partial charge is 0.321 e. The zero-order valence-corrected chi connectivity index (χ0v) is 27.2. The summed E-state index contributed by atoms with van der Waals surface area (Å²) in [6.45, 7) is 7.12. The Hall–Kier alpha value is -7.87. The average molecular weight is 677 g/mol. The van der Waals surface area contributed by atoms with E-state index in [1.54, 1.807) is 37.1 Å². The van der Waals surface area contributed by atoms with Crippen molar-refractivity contribution in [3.05, 3.63) is 24.8 Å². The van der Waals surface area contributed by atoms with Gasteiger partial charge in [0.1, 0.15) is 0 Å². The summed E-state index contributed by atoms with van der Waals surface area (Å²) in [5.41, 5.74) is 7.74. The van der Waals surface area contributed by atoms with E-state index >= 15 is 0 Å². The van der Waals surface area contributed by atoms with Crippen LogP contribution in [0.15, 0.2) is 61.4 Å². The summed E-state index contributed by atoms with van der Waals surface area (Å²) in [4.78, 5) is 11.2. The monoisotopic (exact) mass is 676 g/mol. The summed E-state index contributed by atoms with van der Waals surface area (Å²) >= 11 is 0. The van der Waals surface area contributed by atoms with Crippen molar-refractivity contribution < 1.29 is 8.56 Å². The number of rotatable bonds is 9. The fraction of sp³-hybridized carbons (Fsp3) is 0.281. The molecule has 3 aromatic rings. The lowest BCUT2D eigenvalue weighted by Crippen LogP contribution is -2.48. The second-order valence-corrected chi connectivity index (χ2v) is 9.02. The van der Waals surface area contributed by atoms with Crippen LogP contribution in [0.2, 0.25) is 0 Å². The summed E-state index contributed by atoms with van der Waals surface area (Å²) in [7, 11) is 1.86. The van der Waals surface area contributed by atoms with Crippen molar-refractivity contribution in [2.45, 2.75) is 26.8 Å². The van der Waals surface area contributed by atoms with Crippen LogP contribution in [0.1, 0.15) is 28.8 Å². The molecule has 1 saturated heterocycles. The molecule has 3 aromatic heterocycles. The molecule has 0 atom stereocenters. The fourth-order valence-electron chi connectivity index (χ4n) is 3.64. The molecule has 0 aromatic carbocycles. The first-order chi connectivity index (χ1) is 24.5. The van der Waals surface area contributed by atoms with E-state index in [0.717, 1.165) is 42.9 Å². The Bertz CT molecular complexity index is 2130. The number of hydrogen-bond acceptors (Lipinski definition) is 9. The van der Waals surface area contributed by atoms with Crippen LogP contribution in [0.5, 0.6) is 0 Å². The normalized spacial score (nSPS) is 11.0. The van der Waals surface area contributed by atoms with Gasteiger partial charge >= 0.3 is 0 Å². The van der Waals surface area contributed by atoms with Gasteiger partial charge in [-0.15, -0.1) is 0 Å². The lowest BCUT2D eigenvalue weighted by Gasteiger charge is -2.38. The lowest BCUT2D eigenvalue weighted by molar-refractivity contribution is 0.0888. The summed E-state index contributed by atoms with van der Waals surface area (Å²) < 4.78 is 3.66. The first kappa shape index (κ1) is 38.3. The van der Waals surface area contributed by atoms with Gasteiger partial charge in [0.25, 0.3) is 0 Å². The second kappa shape index (κ2) is 24.4. The quantitative estimate of drug-likeness (QED) is 0.124. The highest BCUT2D eigenvalue weighted by atomic mass is 15.6. The third-order valence-electron chi connectivity index (χ3n) is 5.54. The van der Waals surface area contributed by atoms with E-state index < -0.39 is 0 Å². The minimum atomic E-state index is 0. The Morgan fingerprint density at radius 3 is 2.02 bits per heavy atom. The van der Waals surface area contributed by atoms with Gasteiger partial charge in [-0.25, -0.2) is 9.67 Å². The molecule has 4 heterocycles. The molecule has 0 bridgehead atoms. The van der Waals surface area contributed by atoms with E-state index in [2.05, 4.69) is 162 Å². The van der Waals surface area contributed by atoms with Crippen LogP contribution in [0.3, 0.4) is 0 Å². The maximum absolute atomic E-state index is 8.64. The predicted molar refractivity (Wildman–Crippen MR) is 194 cm³/mol. The van der Waals surface area contributed by atoms with Gasteiger partial charge < -0.3 is 16.1 Å². The summed E-state index contributed by atoms with van der Waals surface area (Å²) in [6, 6.07) is 2.19. The van der Waals surface area contributed by atoms with Crippen molar-refractivity contribution in [1.82, 2.24) is 34.4 Å². The van der Waals surface area contributed by atoms with Crippen molar-refractivity contribution in [3.8, 4) is 89.0 Å². The highest BCUT2D eigenvalue weighted by molar-refractivity contribution is 5.75. The van der Waals surface area contributed by atoms with Gasteiger partial charge in [-0.2, -0.15) is 26.0 Å². The zero-order valence-electron chi connectivity index (χ0n) is 27.2. The molecule has 18 heteroatoms. The number of nitrogens with two attached hydrogens (primary N) is 1. The van der Waals surface area contributed by atoms with Crippen LogP contribution in [0, 0.1) is 106 Å². The van der Waals surface area contributed by atoms with Crippen LogP contribution in [0.25, 0.3) is 11.0 Å². The molecular formula is C32H40N18. The summed E-state index contributed by atoms with van der Waals surface area (Å²) in [5, 5.41) is 40.7. The van der Waals surface area contributed by atoms with Crippen molar-refractivity contribution in [3.63, 3.8) is 0 Å². The Morgan fingerprint density at radius 1 is 0.880 bits per heavy atom. The number of fused-ring (bicyclic) bond motifs is 1. The van der Waals surface area contributed by atoms with Gasteiger partial charge in [0.15, 0.2) is 5.65 Å². The lowest BCUT2D eigenvalue weighted by atomic mass is 10.0. The fourth-order valence-corrected chi connectivity index (χ4v) is 3.64. The van der Waals surface area contributed by atoms with Gasteiger partial charge in [-0.05, 0) is 116 Å². The molecule has 0 unspecified atom stereocenters. The van der Waals surface area contributed by atoms with Crippen LogP contribution < -0.4 is 11.2 Å². The van der Waals surface area contributed by atoms with Gasteiger partial charge in [-0.3, -0.25) is 4.68 Å². The van der Waals surface area contributed by atoms with E-state index in [9.17, 15) is 0 Å². The van der Waals surface area contributed by atoms with E-state index in [1.807, 2.05) is 17.9 Å². The zero-order chi connectivity index (χ0) is 36.1. The first-order valence-electron chi connectivity index (χ1n) is 14.2. The van der Waals surface area contributed by atoms with Crippen LogP contribution in [-0.2, 0) is 13.6 Å². The van der Waals surface area contributed by atoms with Crippen LogP contribution >= 0.6 is 0 Å². The SMILES string of the molecule is CC#CC#CC#CC#CC#CC#CC#CC.Cn1cc(Nc2ncc3cnn(CC4CN(CCC#N)C4)c3n2)cn1.N=N/N=N/N=N/N=N/N.[HH].[HH].[HH].[HH].[HH].[HH]. The third-order valence-corrected chi connectivity index (χ3v) is 5.54. The van der Waals surface area contributed by atoms with Crippen molar-refractivity contribution in [1.29, 1.82) is 10.8 Å².